The lowest BCUT2D eigenvalue weighted by Gasteiger charge is -2.19. The van der Waals surface area contributed by atoms with Crippen molar-refractivity contribution in [3.63, 3.8) is 0 Å². The van der Waals surface area contributed by atoms with Crippen LogP contribution in [0.4, 0.5) is 10.8 Å². The summed E-state index contributed by atoms with van der Waals surface area (Å²) >= 11 is 7.67. The van der Waals surface area contributed by atoms with Gasteiger partial charge in [-0.05, 0) is 31.0 Å². The van der Waals surface area contributed by atoms with Crippen molar-refractivity contribution in [1.29, 1.82) is 0 Å². The highest BCUT2D eigenvalue weighted by molar-refractivity contribution is 7.15. The van der Waals surface area contributed by atoms with Gasteiger partial charge in [0.1, 0.15) is 5.01 Å². The fraction of sp³-hybridized carbons (Fsp3) is 0.400. The first-order chi connectivity index (χ1) is 11.1. The van der Waals surface area contributed by atoms with Crippen LogP contribution in [0, 0.1) is 0 Å². The third-order valence-electron chi connectivity index (χ3n) is 3.76. The smallest absolute Gasteiger partial charge is 0.251 e. The van der Waals surface area contributed by atoms with E-state index in [1.165, 1.54) is 24.2 Å². The normalized spacial score (nSPS) is 14.2. The summed E-state index contributed by atoms with van der Waals surface area (Å²) in [5, 5.41) is 12.4. The fourth-order valence-electron chi connectivity index (χ4n) is 2.62. The van der Waals surface area contributed by atoms with E-state index < -0.39 is 0 Å². The predicted molar refractivity (Wildman–Crippen MR) is 93.3 cm³/mol. The second-order valence-electron chi connectivity index (χ2n) is 5.40. The Bertz CT molecular complexity index is 699. The lowest BCUT2D eigenvalue weighted by atomic mass is 10.2. The Morgan fingerprint density at radius 3 is 2.78 bits per heavy atom. The number of nitrogens with one attached hydrogen (secondary N) is 1. The summed E-state index contributed by atoms with van der Waals surface area (Å²) in [4.78, 5) is 14.4. The molecule has 0 spiro atoms. The van der Waals surface area contributed by atoms with E-state index in [0.717, 1.165) is 23.8 Å². The maximum absolute atomic E-state index is 12.2. The second-order valence-corrected chi connectivity index (χ2v) is 6.90. The van der Waals surface area contributed by atoms with Crippen LogP contribution in [0.1, 0.15) is 28.2 Å². The van der Waals surface area contributed by atoms with Crippen molar-refractivity contribution >= 4 is 39.7 Å². The topological polar surface area (TPSA) is 84.1 Å². The number of halogens is 1. The highest BCUT2D eigenvalue weighted by Gasteiger charge is 2.16. The summed E-state index contributed by atoms with van der Waals surface area (Å²) < 4.78 is 0. The van der Waals surface area contributed by atoms with Crippen molar-refractivity contribution in [2.24, 2.45) is 0 Å². The molecule has 6 nitrogen and oxygen atoms in total. The first-order valence-corrected chi connectivity index (χ1v) is 8.73. The average molecular weight is 352 g/mol. The van der Waals surface area contributed by atoms with Gasteiger partial charge in [0.25, 0.3) is 5.91 Å². The molecule has 1 aromatic heterocycles. The number of hydrogen-bond acceptors (Lipinski definition) is 6. The van der Waals surface area contributed by atoms with Gasteiger partial charge < -0.3 is 16.0 Å². The van der Waals surface area contributed by atoms with Gasteiger partial charge in [-0.3, -0.25) is 4.79 Å². The quantitative estimate of drug-likeness (QED) is 0.863. The van der Waals surface area contributed by atoms with Crippen LogP contribution in [0.5, 0.6) is 0 Å². The van der Waals surface area contributed by atoms with E-state index in [4.69, 9.17) is 17.3 Å². The Labute approximate surface area is 143 Å². The van der Waals surface area contributed by atoms with Crippen LogP contribution in [-0.2, 0) is 6.42 Å². The lowest BCUT2D eigenvalue weighted by Crippen LogP contribution is -2.26. The largest absolute Gasteiger partial charge is 0.374 e. The molecule has 1 fully saturated rings. The summed E-state index contributed by atoms with van der Waals surface area (Å²) in [7, 11) is 0. The van der Waals surface area contributed by atoms with Gasteiger partial charge in [0.05, 0.1) is 10.7 Å². The van der Waals surface area contributed by atoms with E-state index in [1.54, 1.807) is 6.07 Å². The number of carbonyl (C=O) groups excluding carboxylic acids is 1. The molecular weight excluding hydrogens is 334 g/mol. The van der Waals surface area contributed by atoms with Gasteiger partial charge >= 0.3 is 0 Å². The Hall–Kier alpha value is -1.86. The van der Waals surface area contributed by atoms with Crippen LogP contribution in [0.15, 0.2) is 18.2 Å². The molecule has 3 rings (SSSR count). The molecule has 1 amide bonds. The Morgan fingerprint density at radius 2 is 2.13 bits per heavy atom. The highest BCUT2D eigenvalue weighted by Crippen LogP contribution is 2.29. The zero-order valence-electron chi connectivity index (χ0n) is 12.6. The Kier molecular flexibility index (Phi) is 4.97. The number of benzene rings is 1. The molecule has 0 saturated carbocycles. The molecule has 1 aliphatic rings. The van der Waals surface area contributed by atoms with E-state index in [0.29, 0.717) is 28.7 Å². The van der Waals surface area contributed by atoms with Crippen molar-refractivity contribution in [2.45, 2.75) is 19.3 Å². The fourth-order valence-corrected chi connectivity index (χ4v) is 3.52. The van der Waals surface area contributed by atoms with E-state index in [1.807, 2.05) is 12.1 Å². The zero-order chi connectivity index (χ0) is 16.2. The van der Waals surface area contributed by atoms with Crippen LogP contribution in [-0.4, -0.2) is 35.7 Å². The number of amides is 1. The number of carbonyl (C=O) groups is 1. The average Bonchev–Trinajstić information content (AvgIpc) is 3.19. The number of hydrogen-bond donors (Lipinski definition) is 2. The van der Waals surface area contributed by atoms with Gasteiger partial charge in [0, 0.05) is 31.6 Å². The van der Waals surface area contributed by atoms with Gasteiger partial charge in [-0.2, -0.15) is 0 Å². The molecule has 2 heterocycles. The van der Waals surface area contributed by atoms with Gasteiger partial charge in [0.15, 0.2) is 0 Å². The lowest BCUT2D eigenvalue weighted by molar-refractivity contribution is 0.0954. The molecule has 0 atom stereocenters. The first-order valence-electron chi connectivity index (χ1n) is 7.54. The van der Waals surface area contributed by atoms with Crippen molar-refractivity contribution in [1.82, 2.24) is 15.5 Å². The molecule has 2 aromatic rings. The van der Waals surface area contributed by atoms with Crippen LogP contribution in [0.3, 0.4) is 0 Å². The summed E-state index contributed by atoms with van der Waals surface area (Å²) in [5.74, 6) is -0.141. The molecule has 8 heteroatoms. The summed E-state index contributed by atoms with van der Waals surface area (Å²) in [5.41, 5.74) is 7.09. The van der Waals surface area contributed by atoms with E-state index in [-0.39, 0.29) is 5.91 Å². The molecule has 0 unspecified atom stereocenters. The maximum Gasteiger partial charge on any atom is 0.251 e. The molecule has 3 N–H and O–H groups in total. The zero-order valence-corrected chi connectivity index (χ0v) is 14.2. The number of nitrogens with zero attached hydrogens (tertiary/aromatic N) is 3. The number of nitrogens with two attached hydrogens (primary N) is 1. The Morgan fingerprint density at radius 1 is 1.35 bits per heavy atom. The van der Waals surface area contributed by atoms with E-state index in [9.17, 15) is 4.79 Å². The van der Waals surface area contributed by atoms with Crippen molar-refractivity contribution in [3.05, 3.63) is 33.8 Å². The minimum atomic E-state index is -0.141. The third-order valence-corrected chi connectivity index (χ3v) is 4.88. The number of nitrogen functional groups attached to an aromatic ring is 1. The standard InChI is InChI=1S/C15H18ClN5OS/c16-11-9-10(3-4-12(11)21-7-1-2-8-21)14(22)18-6-5-13-19-20-15(17)23-13/h3-4,9H,1-2,5-8H2,(H2,17,20)(H,18,22). The van der Waals surface area contributed by atoms with Crippen LogP contribution in [0.25, 0.3) is 0 Å². The monoisotopic (exact) mass is 351 g/mol. The molecule has 0 aliphatic carbocycles. The maximum atomic E-state index is 12.2. The number of aromatic nitrogens is 2. The Balaban J connectivity index is 1.57. The highest BCUT2D eigenvalue weighted by atomic mass is 35.5. The summed E-state index contributed by atoms with van der Waals surface area (Å²) in [6.07, 6.45) is 2.99. The molecular formula is C15H18ClN5OS. The third kappa shape index (κ3) is 3.92. The van der Waals surface area contributed by atoms with E-state index in [2.05, 4.69) is 20.4 Å². The van der Waals surface area contributed by atoms with Crippen LogP contribution >= 0.6 is 22.9 Å². The molecule has 1 saturated heterocycles. The first kappa shape index (κ1) is 16.0. The molecule has 122 valence electrons. The summed E-state index contributed by atoms with van der Waals surface area (Å²) in [6, 6.07) is 5.47. The van der Waals surface area contributed by atoms with Crippen molar-refractivity contribution in [2.75, 3.05) is 30.3 Å². The SMILES string of the molecule is Nc1nnc(CCNC(=O)c2ccc(N3CCCC3)c(Cl)c2)s1. The minimum absolute atomic E-state index is 0.141. The number of rotatable bonds is 5. The molecule has 1 aliphatic heterocycles. The molecule has 1 aromatic carbocycles. The van der Waals surface area contributed by atoms with Crippen molar-refractivity contribution in [3.8, 4) is 0 Å². The van der Waals surface area contributed by atoms with Crippen LogP contribution in [0.2, 0.25) is 5.02 Å². The predicted octanol–water partition coefficient (Wildman–Crippen LogP) is 2.35. The second kappa shape index (κ2) is 7.14. The number of anilines is 2. The minimum Gasteiger partial charge on any atom is -0.374 e. The molecule has 23 heavy (non-hydrogen) atoms. The summed E-state index contributed by atoms with van der Waals surface area (Å²) in [6.45, 7) is 2.53. The van der Waals surface area contributed by atoms with Gasteiger partial charge in [-0.25, -0.2) is 0 Å². The van der Waals surface area contributed by atoms with Crippen molar-refractivity contribution < 1.29 is 4.79 Å². The molecule has 0 bridgehead atoms. The van der Waals surface area contributed by atoms with Crippen LogP contribution < -0.4 is 16.0 Å². The van der Waals surface area contributed by atoms with Gasteiger partial charge in [0.2, 0.25) is 5.13 Å². The van der Waals surface area contributed by atoms with Gasteiger partial charge in [-0.1, -0.05) is 22.9 Å². The van der Waals surface area contributed by atoms with Gasteiger partial charge in [-0.15, -0.1) is 10.2 Å². The van der Waals surface area contributed by atoms with E-state index >= 15 is 0 Å². The molecule has 0 radical (unpaired) electrons.